The maximum Gasteiger partial charge on any atom is 0.352 e. The van der Waals surface area contributed by atoms with Crippen LogP contribution in [-0.2, 0) is 19.2 Å². The normalized spacial score (nSPS) is 20.3. The first-order chi connectivity index (χ1) is 16.3. The van der Waals surface area contributed by atoms with E-state index in [9.17, 15) is 24.3 Å². The Morgan fingerprint density at radius 2 is 2.09 bits per heavy atom. The van der Waals surface area contributed by atoms with Gasteiger partial charge in [-0.25, -0.2) is 4.79 Å². The number of rotatable bonds is 9. The van der Waals surface area contributed by atoms with E-state index in [1.807, 2.05) is 6.92 Å². The van der Waals surface area contributed by atoms with E-state index in [-0.39, 0.29) is 5.70 Å². The lowest BCUT2D eigenvalue weighted by atomic mass is 10.0. The maximum atomic E-state index is 12.8. The molecular formula is C20H20N6O5S3. The van der Waals surface area contributed by atoms with Gasteiger partial charge in [0.1, 0.15) is 28.2 Å². The van der Waals surface area contributed by atoms with Crippen LogP contribution < -0.4 is 16.4 Å². The van der Waals surface area contributed by atoms with Crippen molar-refractivity contribution in [2.24, 2.45) is 5.73 Å². The number of hydrogen-bond donors (Lipinski definition) is 4. The number of aromatic nitrogens is 2. The Bertz CT molecular complexity index is 1170. The molecule has 3 heterocycles. The first kappa shape index (κ1) is 24.2. The number of aliphatic carboxylic acids is 1. The lowest BCUT2D eigenvalue weighted by Gasteiger charge is -2.49. The van der Waals surface area contributed by atoms with Crippen molar-refractivity contribution in [2.45, 2.75) is 28.7 Å². The zero-order valence-electron chi connectivity index (χ0n) is 17.8. The number of aryl methyl sites for hydroxylation is 1. The van der Waals surface area contributed by atoms with Gasteiger partial charge in [-0.2, -0.15) is 0 Å². The SMILES string of the molecule is Cc1nnc(SCC2=C(C(=O)O)N3C(=O)C(NC(=O)C(N)c4ccc(NC=O)cc4)[C@H]3SC2)s1. The largest absolute Gasteiger partial charge is 0.477 e. The quantitative estimate of drug-likeness (QED) is 0.212. The van der Waals surface area contributed by atoms with Gasteiger partial charge in [-0.15, -0.1) is 22.0 Å². The second-order valence-corrected chi connectivity index (χ2v) is 10.9. The van der Waals surface area contributed by atoms with E-state index in [1.54, 1.807) is 24.3 Å². The molecule has 2 aliphatic heterocycles. The number of β-lactam (4-membered cyclic amide) rings is 1. The van der Waals surface area contributed by atoms with Crippen molar-refractivity contribution in [3.8, 4) is 0 Å². The van der Waals surface area contributed by atoms with Gasteiger partial charge >= 0.3 is 5.97 Å². The number of carbonyl (C=O) groups is 4. The first-order valence-corrected chi connectivity index (χ1v) is 12.8. The number of anilines is 1. The summed E-state index contributed by atoms with van der Waals surface area (Å²) in [6, 6.07) is 4.53. The van der Waals surface area contributed by atoms with Gasteiger partial charge in [-0.3, -0.25) is 19.3 Å². The van der Waals surface area contributed by atoms with Crippen LogP contribution in [0.3, 0.4) is 0 Å². The Hall–Kier alpha value is -2.94. The molecule has 14 heteroatoms. The number of fused-ring (bicyclic) bond motifs is 1. The summed E-state index contributed by atoms with van der Waals surface area (Å²) >= 11 is 4.19. The summed E-state index contributed by atoms with van der Waals surface area (Å²) in [5.74, 6) is -1.45. The van der Waals surface area contributed by atoms with Crippen LogP contribution in [0.2, 0.25) is 0 Å². The van der Waals surface area contributed by atoms with Crippen LogP contribution in [0, 0.1) is 6.92 Å². The smallest absolute Gasteiger partial charge is 0.352 e. The maximum absolute atomic E-state index is 12.8. The molecule has 1 fully saturated rings. The van der Waals surface area contributed by atoms with Crippen LogP contribution in [-0.4, -0.2) is 67.3 Å². The Morgan fingerprint density at radius 3 is 2.71 bits per heavy atom. The summed E-state index contributed by atoms with van der Waals surface area (Å²) in [4.78, 5) is 49.2. The highest BCUT2D eigenvalue weighted by Crippen LogP contribution is 2.42. The number of nitrogens with two attached hydrogens (primary N) is 1. The molecule has 0 aliphatic carbocycles. The second kappa shape index (κ2) is 10.1. The van der Waals surface area contributed by atoms with Gasteiger partial charge in [-0.1, -0.05) is 35.2 Å². The minimum atomic E-state index is -1.19. The summed E-state index contributed by atoms with van der Waals surface area (Å²) in [6.07, 6.45) is 0.540. The van der Waals surface area contributed by atoms with Crippen molar-refractivity contribution in [1.82, 2.24) is 20.4 Å². The number of thioether (sulfide) groups is 2. The summed E-state index contributed by atoms with van der Waals surface area (Å²) in [5.41, 5.74) is 7.68. The molecule has 1 aromatic carbocycles. The molecule has 178 valence electrons. The summed E-state index contributed by atoms with van der Waals surface area (Å²) in [7, 11) is 0. The minimum absolute atomic E-state index is 0.0458. The molecule has 34 heavy (non-hydrogen) atoms. The topological polar surface area (TPSA) is 168 Å². The predicted octanol–water partition coefficient (Wildman–Crippen LogP) is 0.946. The average Bonchev–Trinajstić information content (AvgIpc) is 3.25. The Morgan fingerprint density at radius 1 is 1.35 bits per heavy atom. The molecule has 3 atom stereocenters. The number of nitrogens with zero attached hydrogens (tertiary/aromatic N) is 3. The summed E-state index contributed by atoms with van der Waals surface area (Å²) in [6.45, 7) is 1.84. The van der Waals surface area contributed by atoms with E-state index in [2.05, 4.69) is 20.8 Å². The molecule has 4 rings (SSSR count). The van der Waals surface area contributed by atoms with Gasteiger partial charge < -0.3 is 21.5 Å². The third-order valence-corrected chi connectivity index (χ3v) is 8.60. The fourth-order valence-electron chi connectivity index (χ4n) is 3.53. The van der Waals surface area contributed by atoms with E-state index < -0.39 is 35.2 Å². The molecular weight excluding hydrogens is 500 g/mol. The first-order valence-electron chi connectivity index (χ1n) is 9.99. The average molecular weight is 521 g/mol. The van der Waals surface area contributed by atoms with E-state index in [0.29, 0.717) is 34.7 Å². The molecule has 2 aromatic rings. The molecule has 5 N–H and O–H groups in total. The third kappa shape index (κ3) is 4.80. The highest BCUT2D eigenvalue weighted by molar-refractivity contribution is 8.01. The van der Waals surface area contributed by atoms with Gasteiger partial charge in [0.05, 0.1) is 0 Å². The van der Waals surface area contributed by atoms with Crippen molar-refractivity contribution in [3.05, 3.63) is 46.1 Å². The van der Waals surface area contributed by atoms with Crippen LogP contribution in [0.15, 0.2) is 39.9 Å². The van der Waals surface area contributed by atoms with Crippen LogP contribution in [0.1, 0.15) is 16.6 Å². The lowest BCUT2D eigenvalue weighted by molar-refractivity contribution is -0.150. The summed E-state index contributed by atoms with van der Waals surface area (Å²) < 4.78 is 0.728. The number of nitrogens with one attached hydrogen (secondary N) is 2. The van der Waals surface area contributed by atoms with Gasteiger partial charge in [0.25, 0.3) is 5.91 Å². The molecule has 2 unspecified atom stereocenters. The monoisotopic (exact) mass is 520 g/mol. The highest BCUT2D eigenvalue weighted by Gasteiger charge is 2.54. The molecule has 3 amide bonds. The van der Waals surface area contributed by atoms with Crippen LogP contribution in [0.4, 0.5) is 5.69 Å². The molecule has 0 saturated carbocycles. The van der Waals surface area contributed by atoms with Crippen molar-refractivity contribution in [3.63, 3.8) is 0 Å². The Balaban J connectivity index is 1.42. The van der Waals surface area contributed by atoms with Crippen molar-refractivity contribution in [1.29, 1.82) is 0 Å². The predicted molar refractivity (Wildman–Crippen MR) is 128 cm³/mol. The van der Waals surface area contributed by atoms with Gasteiger partial charge in [-0.05, 0) is 30.2 Å². The van der Waals surface area contributed by atoms with Gasteiger partial charge in [0.15, 0.2) is 4.34 Å². The van der Waals surface area contributed by atoms with E-state index in [0.717, 1.165) is 9.35 Å². The van der Waals surface area contributed by atoms with Crippen molar-refractivity contribution < 1.29 is 24.3 Å². The van der Waals surface area contributed by atoms with Crippen LogP contribution in [0.5, 0.6) is 0 Å². The van der Waals surface area contributed by atoms with Crippen molar-refractivity contribution in [2.75, 3.05) is 16.8 Å². The molecule has 1 saturated heterocycles. The molecule has 0 spiro atoms. The Labute approximate surface area is 206 Å². The van der Waals surface area contributed by atoms with Crippen molar-refractivity contribution >= 4 is 64.7 Å². The minimum Gasteiger partial charge on any atom is -0.477 e. The van der Waals surface area contributed by atoms with Crippen LogP contribution in [0.25, 0.3) is 0 Å². The number of benzene rings is 1. The number of amides is 3. The molecule has 11 nitrogen and oxygen atoms in total. The summed E-state index contributed by atoms with van der Waals surface area (Å²) in [5, 5.41) is 23.2. The Kier molecular flexibility index (Phi) is 7.21. The van der Waals surface area contributed by atoms with Gasteiger partial charge in [0.2, 0.25) is 12.3 Å². The molecule has 0 bridgehead atoms. The van der Waals surface area contributed by atoms with Crippen LogP contribution >= 0.6 is 34.9 Å². The molecule has 2 aliphatic rings. The molecule has 0 radical (unpaired) electrons. The number of carbonyl (C=O) groups excluding carboxylic acids is 3. The number of carboxylic acids is 1. The second-order valence-electron chi connectivity index (χ2n) is 7.39. The number of hydrogen-bond acceptors (Lipinski definition) is 10. The highest BCUT2D eigenvalue weighted by atomic mass is 32.2. The third-order valence-electron chi connectivity index (χ3n) is 5.20. The zero-order chi connectivity index (χ0) is 24.4. The fourth-order valence-corrected chi connectivity index (χ4v) is 6.83. The molecule has 1 aromatic heterocycles. The standard InChI is InChI=1S/C20H20N6O5S3/c1-9-24-25-20(34-9)33-7-11-6-32-18-14(17(29)26(18)15(11)19(30)31)23-16(28)13(21)10-2-4-12(5-3-10)22-8-27/h2-5,8,13-14,18H,6-7,21H2,1H3,(H,22,27)(H,23,28)(H,30,31)/t13?,14?,18-/m1/s1. The van der Waals surface area contributed by atoms with Gasteiger partial charge in [0, 0.05) is 17.2 Å². The van der Waals surface area contributed by atoms with E-state index >= 15 is 0 Å². The number of carboxylic acid groups (broad SMARTS) is 1. The van der Waals surface area contributed by atoms with E-state index in [1.165, 1.54) is 39.8 Å². The van der Waals surface area contributed by atoms with E-state index in [4.69, 9.17) is 5.73 Å². The fraction of sp³-hybridized carbons (Fsp3) is 0.300. The lowest BCUT2D eigenvalue weighted by Crippen LogP contribution is -2.71. The zero-order valence-corrected chi connectivity index (χ0v) is 20.2.